The number of hydrogen-bond donors (Lipinski definition) is 1. The molecule has 2 aromatic carbocycles. The second-order valence-electron chi connectivity index (χ2n) is 6.37. The predicted molar refractivity (Wildman–Crippen MR) is 116 cm³/mol. The molecule has 10 heteroatoms. The predicted octanol–water partition coefficient (Wildman–Crippen LogP) is 3.33. The molecule has 3 rings (SSSR count). The SMILES string of the molecule is COc1ccc(-c2csc(NC(=O)c3ccc(OC)c(S(=O)(=O)N(C)C)c3)n2)cc1. The monoisotopic (exact) mass is 447 g/mol. The molecule has 0 radical (unpaired) electrons. The van der Waals surface area contributed by atoms with E-state index in [2.05, 4.69) is 10.3 Å². The minimum absolute atomic E-state index is 0.0827. The number of nitrogens with one attached hydrogen (secondary N) is 1. The Kier molecular flexibility index (Phi) is 6.40. The lowest BCUT2D eigenvalue weighted by Crippen LogP contribution is -2.23. The van der Waals surface area contributed by atoms with E-state index in [0.29, 0.717) is 10.8 Å². The fourth-order valence-corrected chi connectivity index (χ4v) is 4.40. The molecule has 1 N–H and O–H groups in total. The Morgan fingerprint density at radius 3 is 2.37 bits per heavy atom. The van der Waals surface area contributed by atoms with Gasteiger partial charge in [0.2, 0.25) is 10.0 Å². The molecule has 0 unspecified atom stereocenters. The summed E-state index contributed by atoms with van der Waals surface area (Å²) < 4.78 is 36.4. The first-order valence-corrected chi connectivity index (χ1v) is 11.1. The third kappa shape index (κ3) is 4.45. The Morgan fingerprint density at radius 2 is 1.77 bits per heavy atom. The molecule has 3 aromatic rings. The van der Waals surface area contributed by atoms with E-state index >= 15 is 0 Å². The van der Waals surface area contributed by atoms with Crippen LogP contribution in [0, 0.1) is 0 Å². The summed E-state index contributed by atoms with van der Waals surface area (Å²) in [5, 5.41) is 4.94. The highest BCUT2D eigenvalue weighted by atomic mass is 32.2. The van der Waals surface area contributed by atoms with Gasteiger partial charge in [-0.05, 0) is 42.5 Å². The number of methoxy groups -OCH3 is 2. The van der Waals surface area contributed by atoms with Gasteiger partial charge in [-0.15, -0.1) is 11.3 Å². The second kappa shape index (κ2) is 8.82. The molecule has 0 saturated heterocycles. The van der Waals surface area contributed by atoms with Gasteiger partial charge >= 0.3 is 0 Å². The standard InChI is InChI=1S/C20H21N3O5S2/c1-23(2)30(25,26)18-11-14(7-10-17(18)28-4)19(24)22-20-21-16(12-29-20)13-5-8-15(27-3)9-6-13/h5-12H,1-4H3,(H,21,22,24). The molecule has 1 aromatic heterocycles. The van der Waals surface area contributed by atoms with Crippen molar-refractivity contribution in [2.24, 2.45) is 0 Å². The topological polar surface area (TPSA) is 97.8 Å². The van der Waals surface area contributed by atoms with Crippen LogP contribution in [0.5, 0.6) is 11.5 Å². The Labute approximate surface area is 179 Å². The van der Waals surface area contributed by atoms with Gasteiger partial charge in [-0.25, -0.2) is 17.7 Å². The molecule has 0 aliphatic rings. The number of sulfonamides is 1. The quantitative estimate of drug-likeness (QED) is 0.597. The molecule has 1 heterocycles. The number of benzene rings is 2. The minimum atomic E-state index is -3.78. The lowest BCUT2D eigenvalue weighted by atomic mass is 10.2. The summed E-state index contributed by atoms with van der Waals surface area (Å²) in [6, 6.07) is 11.7. The van der Waals surface area contributed by atoms with Crippen molar-refractivity contribution in [2.45, 2.75) is 4.90 Å². The third-order valence-corrected chi connectivity index (χ3v) is 6.89. The lowest BCUT2D eigenvalue weighted by molar-refractivity contribution is 0.102. The highest BCUT2D eigenvalue weighted by Crippen LogP contribution is 2.29. The molecule has 0 bridgehead atoms. The molecular formula is C20H21N3O5S2. The zero-order chi connectivity index (χ0) is 21.9. The van der Waals surface area contributed by atoms with Gasteiger partial charge < -0.3 is 9.47 Å². The van der Waals surface area contributed by atoms with E-state index in [1.54, 1.807) is 7.11 Å². The van der Waals surface area contributed by atoms with Crippen molar-refractivity contribution in [3.8, 4) is 22.8 Å². The average molecular weight is 448 g/mol. The highest BCUT2D eigenvalue weighted by molar-refractivity contribution is 7.89. The highest BCUT2D eigenvalue weighted by Gasteiger charge is 2.24. The van der Waals surface area contributed by atoms with E-state index in [0.717, 1.165) is 15.6 Å². The summed E-state index contributed by atoms with van der Waals surface area (Å²) in [7, 11) is 2.02. The molecule has 1 amide bonds. The van der Waals surface area contributed by atoms with E-state index in [-0.39, 0.29) is 16.2 Å². The summed E-state index contributed by atoms with van der Waals surface area (Å²) in [4.78, 5) is 17.0. The van der Waals surface area contributed by atoms with Crippen molar-refractivity contribution in [3.05, 3.63) is 53.4 Å². The van der Waals surface area contributed by atoms with Gasteiger partial charge in [-0.3, -0.25) is 10.1 Å². The molecule has 8 nitrogen and oxygen atoms in total. The largest absolute Gasteiger partial charge is 0.497 e. The number of carbonyl (C=O) groups is 1. The fraction of sp³-hybridized carbons (Fsp3) is 0.200. The number of ether oxygens (including phenoxy) is 2. The molecule has 0 aliphatic carbocycles. The maximum atomic E-state index is 12.7. The van der Waals surface area contributed by atoms with Crippen LogP contribution in [0.2, 0.25) is 0 Å². The summed E-state index contributed by atoms with van der Waals surface area (Å²) in [6.45, 7) is 0. The Bertz CT molecular complexity index is 1160. The van der Waals surface area contributed by atoms with Crippen molar-refractivity contribution in [2.75, 3.05) is 33.6 Å². The number of thiazole rings is 1. The summed E-state index contributed by atoms with van der Waals surface area (Å²) in [6.07, 6.45) is 0. The molecule has 0 aliphatic heterocycles. The maximum absolute atomic E-state index is 12.7. The maximum Gasteiger partial charge on any atom is 0.257 e. The average Bonchev–Trinajstić information content (AvgIpc) is 3.21. The Hall–Kier alpha value is -2.95. The fourth-order valence-electron chi connectivity index (χ4n) is 2.61. The zero-order valence-corrected chi connectivity index (χ0v) is 18.5. The van der Waals surface area contributed by atoms with Crippen molar-refractivity contribution in [1.82, 2.24) is 9.29 Å². The molecule has 0 saturated carbocycles. The number of rotatable bonds is 7. The molecule has 0 spiro atoms. The van der Waals surface area contributed by atoms with E-state index in [1.165, 1.54) is 50.7 Å². The molecule has 0 atom stereocenters. The number of carbonyl (C=O) groups excluding carboxylic acids is 1. The molecular weight excluding hydrogens is 426 g/mol. The van der Waals surface area contributed by atoms with Crippen LogP contribution in [-0.4, -0.2) is 51.9 Å². The van der Waals surface area contributed by atoms with E-state index < -0.39 is 15.9 Å². The van der Waals surface area contributed by atoms with Gasteiger partial charge in [0.15, 0.2) is 5.13 Å². The molecule has 0 fully saturated rings. The lowest BCUT2D eigenvalue weighted by Gasteiger charge is -2.15. The van der Waals surface area contributed by atoms with Crippen LogP contribution in [0.3, 0.4) is 0 Å². The number of hydrogen-bond acceptors (Lipinski definition) is 7. The Balaban J connectivity index is 1.83. The van der Waals surface area contributed by atoms with Crippen molar-refractivity contribution in [1.29, 1.82) is 0 Å². The summed E-state index contributed by atoms with van der Waals surface area (Å²) in [5.74, 6) is 0.435. The third-order valence-electron chi connectivity index (χ3n) is 4.29. The zero-order valence-electron chi connectivity index (χ0n) is 16.9. The van der Waals surface area contributed by atoms with Crippen LogP contribution in [0.1, 0.15) is 10.4 Å². The van der Waals surface area contributed by atoms with E-state index in [9.17, 15) is 13.2 Å². The number of anilines is 1. The van der Waals surface area contributed by atoms with E-state index in [4.69, 9.17) is 9.47 Å². The first-order valence-electron chi connectivity index (χ1n) is 8.78. The van der Waals surface area contributed by atoms with Gasteiger partial charge in [0.05, 0.1) is 19.9 Å². The molecule has 30 heavy (non-hydrogen) atoms. The van der Waals surface area contributed by atoms with Crippen LogP contribution >= 0.6 is 11.3 Å². The molecule has 158 valence electrons. The Morgan fingerprint density at radius 1 is 1.07 bits per heavy atom. The first kappa shape index (κ1) is 21.8. The number of aromatic nitrogens is 1. The van der Waals surface area contributed by atoms with Crippen molar-refractivity contribution in [3.63, 3.8) is 0 Å². The number of nitrogens with zero attached hydrogens (tertiary/aromatic N) is 2. The van der Waals surface area contributed by atoms with Crippen LogP contribution in [0.25, 0.3) is 11.3 Å². The summed E-state index contributed by atoms with van der Waals surface area (Å²) in [5.41, 5.74) is 1.78. The summed E-state index contributed by atoms with van der Waals surface area (Å²) >= 11 is 1.27. The van der Waals surface area contributed by atoms with Crippen LogP contribution in [-0.2, 0) is 10.0 Å². The van der Waals surface area contributed by atoms with Crippen LogP contribution < -0.4 is 14.8 Å². The van der Waals surface area contributed by atoms with Gasteiger partial charge in [0, 0.05) is 30.6 Å². The van der Waals surface area contributed by atoms with Crippen LogP contribution in [0.4, 0.5) is 5.13 Å². The van der Waals surface area contributed by atoms with Gasteiger partial charge in [-0.2, -0.15) is 0 Å². The second-order valence-corrected chi connectivity index (χ2v) is 9.35. The van der Waals surface area contributed by atoms with Crippen LogP contribution in [0.15, 0.2) is 52.7 Å². The van der Waals surface area contributed by atoms with E-state index in [1.807, 2.05) is 29.6 Å². The normalized spacial score (nSPS) is 11.4. The van der Waals surface area contributed by atoms with Gasteiger partial charge in [-0.1, -0.05) is 0 Å². The minimum Gasteiger partial charge on any atom is -0.497 e. The van der Waals surface area contributed by atoms with Gasteiger partial charge in [0.25, 0.3) is 5.91 Å². The van der Waals surface area contributed by atoms with Crippen molar-refractivity contribution < 1.29 is 22.7 Å². The van der Waals surface area contributed by atoms with Gasteiger partial charge in [0.1, 0.15) is 16.4 Å². The number of amides is 1. The smallest absolute Gasteiger partial charge is 0.257 e. The first-order chi connectivity index (χ1) is 14.3. The van der Waals surface area contributed by atoms with Crippen molar-refractivity contribution >= 4 is 32.4 Å².